The molecule has 3 N–H and O–H groups in total. The van der Waals surface area contributed by atoms with Crippen molar-refractivity contribution >= 4 is 23.7 Å². The Hall–Kier alpha value is -2.34. The van der Waals surface area contributed by atoms with Crippen LogP contribution in [0.4, 0.5) is 0 Å². The lowest BCUT2D eigenvalue weighted by atomic mass is 9.38. The zero-order valence-electron chi connectivity index (χ0n) is 22.0. The van der Waals surface area contributed by atoms with E-state index in [2.05, 4.69) is 0 Å². The second-order valence-electron chi connectivity index (χ2n) is 11.7. The molecule has 2 heterocycles. The quantitative estimate of drug-likeness (QED) is 0.241. The molecular formula is C27H36O11. The summed E-state index contributed by atoms with van der Waals surface area (Å²) in [6.45, 7) is 5.14. The summed E-state index contributed by atoms with van der Waals surface area (Å²) >= 11 is 0. The molecular weight excluding hydrogens is 500 g/mol. The number of hydrogen-bond acceptors (Lipinski definition) is 11. The van der Waals surface area contributed by atoms with Crippen molar-refractivity contribution in [1.82, 2.24) is 0 Å². The van der Waals surface area contributed by atoms with Gasteiger partial charge >= 0.3 is 17.9 Å². The fraction of sp³-hybridized carbons (Fsp3) is 0.778. The van der Waals surface area contributed by atoms with E-state index in [9.17, 15) is 34.5 Å². The highest BCUT2D eigenvalue weighted by atomic mass is 16.6. The third-order valence-electron chi connectivity index (χ3n) is 10.1. The molecule has 11 heteroatoms. The summed E-state index contributed by atoms with van der Waals surface area (Å²) in [7, 11) is 1.09. The van der Waals surface area contributed by atoms with Crippen LogP contribution in [-0.4, -0.2) is 88.8 Å². The van der Waals surface area contributed by atoms with E-state index in [0.29, 0.717) is 12.0 Å². The van der Waals surface area contributed by atoms with Crippen molar-refractivity contribution in [1.29, 1.82) is 0 Å². The Morgan fingerprint density at radius 1 is 1.16 bits per heavy atom. The van der Waals surface area contributed by atoms with Gasteiger partial charge in [0.25, 0.3) is 0 Å². The second kappa shape index (κ2) is 9.11. The number of aliphatic hydroxyl groups is 3. The maximum Gasteiger partial charge on any atom is 0.348 e. The monoisotopic (exact) mass is 536 g/mol. The van der Waals surface area contributed by atoms with Crippen molar-refractivity contribution in [3.8, 4) is 0 Å². The lowest BCUT2D eigenvalue weighted by Gasteiger charge is -2.67. The highest BCUT2D eigenvalue weighted by molar-refractivity contribution is 5.96. The van der Waals surface area contributed by atoms with Crippen LogP contribution in [-0.2, 0) is 38.1 Å². The van der Waals surface area contributed by atoms with Crippen LogP contribution in [0.5, 0.6) is 0 Å². The molecule has 3 aliphatic carbocycles. The highest BCUT2D eigenvalue weighted by Crippen LogP contribution is 2.72. The zero-order chi connectivity index (χ0) is 27.8. The van der Waals surface area contributed by atoms with Crippen molar-refractivity contribution in [2.24, 2.45) is 28.6 Å². The van der Waals surface area contributed by atoms with Gasteiger partial charge in [0, 0.05) is 23.2 Å². The van der Waals surface area contributed by atoms with Gasteiger partial charge in [0.05, 0.1) is 25.7 Å². The predicted octanol–water partition coefficient (Wildman–Crippen LogP) is 0.216. The van der Waals surface area contributed by atoms with Gasteiger partial charge in [0.15, 0.2) is 5.78 Å². The van der Waals surface area contributed by atoms with Crippen LogP contribution in [0.2, 0.25) is 0 Å². The first-order chi connectivity index (χ1) is 17.9. The number of aliphatic hydroxyl groups excluding tert-OH is 3. The minimum Gasteiger partial charge on any atom is -0.467 e. The number of hydrogen-bond donors (Lipinski definition) is 3. The van der Waals surface area contributed by atoms with Crippen LogP contribution in [0.3, 0.4) is 0 Å². The molecule has 0 aromatic rings. The number of rotatable bonds is 6. The van der Waals surface area contributed by atoms with Crippen molar-refractivity contribution in [2.75, 3.05) is 13.7 Å². The average molecular weight is 537 g/mol. The normalized spacial score (nSPS) is 46.9. The second-order valence-corrected chi connectivity index (χ2v) is 11.7. The molecule has 2 saturated heterocycles. The van der Waals surface area contributed by atoms with Gasteiger partial charge in [-0.15, -0.1) is 0 Å². The van der Waals surface area contributed by atoms with Crippen LogP contribution in [0.25, 0.3) is 0 Å². The fourth-order valence-electron chi connectivity index (χ4n) is 8.53. The SMILES string of the molecule is CCCCCC(=O)O[C@H]1C(=O)O[C@@H]2C[C@H]3C(C)=CC(=O)C(O)C3(C)[C@H]3C(O)[C@H](O)[C@]4(C(=O)OC)OCC32[C@@H]14. The third kappa shape index (κ3) is 3.22. The van der Waals surface area contributed by atoms with Crippen LogP contribution in [0.1, 0.15) is 52.9 Å². The molecule has 2 saturated carbocycles. The van der Waals surface area contributed by atoms with Crippen molar-refractivity contribution < 1.29 is 53.4 Å². The summed E-state index contributed by atoms with van der Waals surface area (Å²) in [6, 6.07) is 0. The van der Waals surface area contributed by atoms with Crippen LogP contribution >= 0.6 is 0 Å². The van der Waals surface area contributed by atoms with Crippen LogP contribution < -0.4 is 0 Å². The minimum atomic E-state index is -2.23. The molecule has 4 fully saturated rings. The summed E-state index contributed by atoms with van der Waals surface area (Å²) in [6.07, 6.45) is -3.86. The maximum atomic E-state index is 13.4. The van der Waals surface area contributed by atoms with E-state index >= 15 is 0 Å². The molecule has 0 radical (unpaired) electrons. The van der Waals surface area contributed by atoms with E-state index in [4.69, 9.17) is 18.9 Å². The summed E-state index contributed by atoms with van der Waals surface area (Å²) in [5.74, 6) is -5.92. The van der Waals surface area contributed by atoms with Gasteiger partial charge in [-0.3, -0.25) is 9.59 Å². The van der Waals surface area contributed by atoms with Gasteiger partial charge in [-0.2, -0.15) is 0 Å². The first-order valence-electron chi connectivity index (χ1n) is 13.3. The van der Waals surface area contributed by atoms with Gasteiger partial charge in [-0.1, -0.05) is 32.3 Å². The smallest absolute Gasteiger partial charge is 0.348 e. The number of fused-ring (bicyclic) bond motifs is 2. The van der Waals surface area contributed by atoms with Gasteiger partial charge in [-0.05, 0) is 31.8 Å². The maximum absolute atomic E-state index is 13.4. The molecule has 210 valence electrons. The molecule has 2 aliphatic heterocycles. The Bertz CT molecular complexity index is 1080. The van der Waals surface area contributed by atoms with Crippen LogP contribution in [0.15, 0.2) is 11.6 Å². The lowest BCUT2D eigenvalue weighted by molar-refractivity contribution is -0.298. The summed E-state index contributed by atoms with van der Waals surface area (Å²) in [5, 5.41) is 34.5. The van der Waals surface area contributed by atoms with Gasteiger partial charge in [-0.25, -0.2) is 9.59 Å². The summed E-state index contributed by atoms with van der Waals surface area (Å²) < 4.78 is 22.6. The number of unbranched alkanes of at least 4 members (excludes halogenated alkanes) is 2. The minimum absolute atomic E-state index is 0.0401. The van der Waals surface area contributed by atoms with Gasteiger partial charge in [0.2, 0.25) is 11.7 Å². The molecule has 1 spiro atoms. The third-order valence-corrected chi connectivity index (χ3v) is 10.1. The molecule has 5 rings (SSSR count). The van der Waals surface area contributed by atoms with E-state index in [-0.39, 0.29) is 19.4 Å². The molecule has 0 aromatic heterocycles. The van der Waals surface area contributed by atoms with E-state index in [1.165, 1.54) is 6.08 Å². The fourth-order valence-corrected chi connectivity index (χ4v) is 8.53. The number of ether oxygens (including phenoxy) is 4. The van der Waals surface area contributed by atoms with Crippen molar-refractivity contribution in [2.45, 2.75) is 89.0 Å². The number of carbonyl (C=O) groups is 4. The zero-order valence-corrected chi connectivity index (χ0v) is 22.0. The number of methoxy groups -OCH3 is 1. The van der Waals surface area contributed by atoms with E-state index < -0.39 is 88.4 Å². The highest BCUT2D eigenvalue weighted by Gasteiger charge is 2.85. The predicted molar refractivity (Wildman–Crippen MR) is 127 cm³/mol. The molecule has 11 atom stereocenters. The van der Waals surface area contributed by atoms with E-state index in [0.717, 1.165) is 20.0 Å². The number of ketones is 1. The van der Waals surface area contributed by atoms with Crippen molar-refractivity contribution in [3.05, 3.63) is 11.6 Å². The molecule has 0 amide bonds. The van der Waals surface area contributed by atoms with Gasteiger partial charge < -0.3 is 34.3 Å². The Morgan fingerprint density at radius 2 is 1.87 bits per heavy atom. The van der Waals surface area contributed by atoms with Crippen LogP contribution in [0, 0.1) is 28.6 Å². The number of carbonyl (C=O) groups excluding carboxylic acids is 4. The number of allylic oxidation sites excluding steroid dienone is 1. The summed E-state index contributed by atoms with van der Waals surface area (Å²) in [4.78, 5) is 52.4. The largest absolute Gasteiger partial charge is 0.467 e. The topological polar surface area (TPSA) is 166 Å². The van der Waals surface area contributed by atoms with Crippen molar-refractivity contribution in [3.63, 3.8) is 0 Å². The molecule has 0 aromatic carbocycles. The summed E-state index contributed by atoms with van der Waals surface area (Å²) in [5.41, 5.74) is -4.24. The number of esters is 3. The Kier molecular flexibility index (Phi) is 6.53. The molecule has 4 unspecified atom stereocenters. The average Bonchev–Trinajstić information content (AvgIpc) is 3.18. The molecule has 2 bridgehead atoms. The van der Waals surface area contributed by atoms with E-state index in [1.807, 2.05) is 6.92 Å². The molecule has 5 aliphatic rings. The Balaban J connectivity index is 1.68. The lowest BCUT2D eigenvalue weighted by Crippen LogP contribution is -2.80. The standard InChI is InChI=1S/C27H36O11/c1-5-6-7-8-16(29)38-18-20-26-11-36-27(20,24(34)35-4)22(32)17(30)19(26)25(3)13(10-15(26)37-23(18)33)12(2)9-14(28)21(25)31/h9,13,15,17-22,30-32H,5-8,10-11H2,1-4H3/t13-,15+,17?,18+,19+,20+,21?,22-,25?,26?,27+/m0/s1. The van der Waals surface area contributed by atoms with E-state index in [1.54, 1.807) is 13.8 Å². The Labute approximate surface area is 220 Å². The Morgan fingerprint density at radius 3 is 2.53 bits per heavy atom. The van der Waals surface area contributed by atoms with Gasteiger partial charge in [0.1, 0.15) is 18.3 Å². The first-order valence-corrected chi connectivity index (χ1v) is 13.3. The molecule has 38 heavy (non-hydrogen) atoms. The molecule has 11 nitrogen and oxygen atoms in total. The first kappa shape index (κ1) is 27.2.